The number of rotatable bonds is 26. The standard InChI is InChI=1S/C46H61F2N5O9S/c1-28(2)35(22-34(54)23-50-40(56)15-16-42(58)59)44(60)51-29(3)39(55)20-32(45(61)62)26-63-27-41(57)53(18-10-17-49)43(46(4,5)6)38-19-31(36-21-33(47)13-14-37(36)48)25-52(38)24-30-11-8-7-9-12-30/h7-9,11-14,19,21,25,28-29,32,35,43H,10,15-18,20,22-24,26-27,49H2,1-6H3,(H,50,56)(H,51,60)(H,58,59)(H,61,62)/t29-,32-,35-,43-/m0/s1. The van der Waals surface area contributed by atoms with Crippen LogP contribution in [0.1, 0.15) is 90.9 Å². The first kappa shape index (κ1) is 51.9. The summed E-state index contributed by atoms with van der Waals surface area (Å²) in [5.74, 6) is -8.85. The number of nitrogens with two attached hydrogens (primary N) is 1. The van der Waals surface area contributed by atoms with Crippen molar-refractivity contribution in [3.63, 3.8) is 0 Å². The van der Waals surface area contributed by atoms with Gasteiger partial charge in [0.15, 0.2) is 11.6 Å². The number of aliphatic carboxylic acids is 2. The third-order valence-electron chi connectivity index (χ3n) is 10.5. The van der Waals surface area contributed by atoms with Crippen LogP contribution in [0.5, 0.6) is 0 Å². The van der Waals surface area contributed by atoms with E-state index in [4.69, 9.17) is 10.8 Å². The molecule has 0 aliphatic heterocycles. The Bertz CT molecular complexity index is 2070. The van der Waals surface area contributed by atoms with Gasteiger partial charge in [-0.3, -0.25) is 33.6 Å². The summed E-state index contributed by atoms with van der Waals surface area (Å²) in [6, 6.07) is 12.9. The van der Waals surface area contributed by atoms with Gasteiger partial charge in [0.1, 0.15) is 11.6 Å². The number of carboxylic acid groups (broad SMARTS) is 2. The SMILES string of the molecule is CC(C)[C@H](CC(=O)CNC(=O)CCC(=O)O)C(=O)N[C@@H](C)C(=O)C[C@@H](CSCC(=O)N(CCCN)[C@@H](c1cc(-c2cc(F)ccc2F)cn1Cc1ccccc1)C(C)(C)C)C(=O)O. The van der Waals surface area contributed by atoms with E-state index in [9.17, 15) is 43.1 Å². The zero-order valence-electron chi connectivity index (χ0n) is 36.8. The molecule has 6 N–H and O–H groups in total. The topological polar surface area (TPSA) is 218 Å². The molecule has 1 aromatic heterocycles. The first-order valence-corrected chi connectivity index (χ1v) is 22.1. The summed E-state index contributed by atoms with van der Waals surface area (Å²) < 4.78 is 31.5. The Morgan fingerprint density at radius 3 is 2.21 bits per heavy atom. The lowest BCUT2D eigenvalue weighted by molar-refractivity contribution is -0.143. The average molecular weight is 898 g/mol. The molecule has 14 nitrogen and oxygen atoms in total. The minimum absolute atomic E-state index is 0.0682. The Kier molecular flexibility index (Phi) is 20.1. The van der Waals surface area contributed by atoms with Crippen LogP contribution in [-0.4, -0.2) is 98.1 Å². The molecular formula is C46H61F2N5O9S. The molecule has 3 amide bonds. The molecule has 63 heavy (non-hydrogen) atoms. The Morgan fingerprint density at radius 2 is 1.60 bits per heavy atom. The van der Waals surface area contributed by atoms with E-state index in [1.54, 1.807) is 31.0 Å². The number of thioether (sulfide) groups is 1. The molecule has 1 heterocycles. The van der Waals surface area contributed by atoms with E-state index in [-0.39, 0.29) is 54.8 Å². The molecule has 0 saturated heterocycles. The number of nitrogens with zero attached hydrogens (tertiary/aromatic N) is 2. The number of benzene rings is 2. The molecule has 0 bridgehead atoms. The predicted octanol–water partition coefficient (Wildman–Crippen LogP) is 5.86. The highest BCUT2D eigenvalue weighted by Gasteiger charge is 2.37. The van der Waals surface area contributed by atoms with Gasteiger partial charge in [-0.2, -0.15) is 11.8 Å². The lowest BCUT2D eigenvalue weighted by atomic mass is 9.83. The van der Waals surface area contributed by atoms with Crippen molar-refractivity contribution in [1.82, 2.24) is 20.1 Å². The maximum Gasteiger partial charge on any atom is 0.307 e. The molecule has 0 fully saturated rings. The zero-order chi connectivity index (χ0) is 47.0. The summed E-state index contributed by atoms with van der Waals surface area (Å²) in [6.07, 6.45) is 0.794. The first-order chi connectivity index (χ1) is 29.6. The smallest absolute Gasteiger partial charge is 0.307 e. The van der Waals surface area contributed by atoms with Gasteiger partial charge >= 0.3 is 11.9 Å². The Morgan fingerprint density at radius 1 is 0.921 bits per heavy atom. The molecule has 0 spiro atoms. The van der Waals surface area contributed by atoms with Gasteiger partial charge in [0.2, 0.25) is 17.7 Å². The van der Waals surface area contributed by atoms with Crippen LogP contribution in [0, 0.1) is 34.8 Å². The Balaban J connectivity index is 1.76. The van der Waals surface area contributed by atoms with Crippen LogP contribution in [0.4, 0.5) is 8.78 Å². The van der Waals surface area contributed by atoms with Gasteiger partial charge in [0.05, 0.1) is 36.7 Å². The highest BCUT2D eigenvalue weighted by molar-refractivity contribution is 7.99. The van der Waals surface area contributed by atoms with Crippen LogP contribution < -0.4 is 16.4 Å². The molecule has 344 valence electrons. The normalized spacial score (nSPS) is 13.4. The third kappa shape index (κ3) is 16.3. The molecular weight excluding hydrogens is 837 g/mol. The minimum atomic E-state index is -1.26. The minimum Gasteiger partial charge on any atom is -0.481 e. The van der Waals surface area contributed by atoms with Crippen molar-refractivity contribution in [3.8, 4) is 11.1 Å². The van der Waals surface area contributed by atoms with Crippen molar-refractivity contribution >= 4 is 53.0 Å². The van der Waals surface area contributed by atoms with E-state index in [1.807, 2.05) is 55.7 Å². The quantitative estimate of drug-likeness (QED) is 0.0643. The number of halogens is 2. The number of ketones is 2. The van der Waals surface area contributed by atoms with Gasteiger partial charge in [-0.15, -0.1) is 0 Å². The summed E-state index contributed by atoms with van der Waals surface area (Å²) in [7, 11) is 0. The van der Waals surface area contributed by atoms with Gasteiger partial charge in [-0.05, 0) is 61.1 Å². The van der Waals surface area contributed by atoms with Gasteiger partial charge in [-0.25, -0.2) is 8.78 Å². The number of carbonyl (C=O) groups is 7. The fourth-order valence-electron chi connectivity index (χ4n) is 7.14. The number of amides is 3. The number of nitrogens with one attached hydrogen (secondary N) is 2. The lowest BCUT2D eigenvalue weighted by Gasteiger charge is -2.41. The number of carboxylic acids is 2. The maximum atomic E-state index is 15.2. The van der Waals surface area contributed by atoms with Crippen molar-refractivity contribution in [3.05, 3.63) is 83.7 Å². The second kappa shape index (κ2) is 24.4. The monoisotopic (exact) mass is 897 g/mol. The van der Waals surface area contributed by atoms with E-state index in [1.165, 1.54) is 6.92 Å². The molecule has 0 unspecified atom stereocenters. The van der Waals surface area contributed by atoms with E-state index in [0.717, 1.165) is 35.5 Å². The van der Waals surface area contributed by atoms with E-state index < -0.39 is 95.7 Å². The van der Waals surface area contributed by atoms with Gasteiger partial charge in [0.25, 0.3) is 0 Å². The van der Waals surface area contributed by atoms with Crippen LogP contribution in [0.3, 0.4) is 0 Å². The first-order valence-electron chi connectivity index (χ1n) is 21.0. The second-order valence-corrected chi connectivity index (χ2v) is 18.1. The molecule has 0 aliphatic rings. The number of hydrogen-bond acceptors (Lipinski definition) is 9. The highest BCUT2D eigenvalue weighted by atomic mass is 32.2. The number of hydrogen-bond donors (Lipinski definition) is 5. The Hall–Kier alpha value is -5.42. The largest absolute Gasteiger partial charge is 0.481 e. The number of Topliss-reactive ketones (excluding diaryl/α,β-unsaturated/α-hetero) is 2. The molecule has 0 saturated carbocycles. The molecule has 17 heteroatoms. The third-order valence-corrected chi connectivity index (χ3v) is 11.6. The molecule has 2 aromatic carbocycles. The highest BCUT2D eigenvalue weighted by Crippen LogP contribution is 2.41. The number of carbonyl (C=O) groups excluding carboxylic acids is 5. The fourth-order valence-corrected chi connectivity index (χ4v) is 8.14. The predicted molar refractivity (Wildman–Crippen MR) is 236 cm³/mol. The van der Waals surface area contributed by atoms with Crippen LogP contribution in [0.25, 0.3) is 11.1 Å². The van der Waals surface area contributed by atoms with E-state index >= 15 is 4.39 Å². The zero-order valence-corrected chi connectivity index (χ0v) is 37.6. The number of aromatic nitrogens is 1. The summed E-state index contributed by atoms with van der Waals surface area (Å²) >= 11 is 1.05. The van der Waals surface area contributed by atoms with Crippen LogP contribution in [0.2, 0.25) is 0 Å². The Labute approximate surface area is 371 Å². The summed E-state index contributed by atoms with van der Waals surface area (Å²) in [4.78, 5) is 90.1. The van der Waals surface area contributed by atoms with Gasteiger partial charge < -0.3 is 36.0 Å². The molecule has 4 atom stereocenters. The van der Waals surface area contributed by atoms with Crippen molar-refractivity contribution < 1.29 is 52.6 Å². The van der Waals surface area contributed by atoms with Crippen molar-refractivity contribution in [1.29, 1.82) is 0 Å². The van der Waals surface area contributed by atoms with Crippen molar-refractivity contribution in [2.45, 2.75) is 92.3 Å². The summed E-state index contributed by atoms with van der Waals surface area (Å²) in [5, 5.41) is 23.8. The fraction of sp³-hybridized carbons (Fsp3) is 0.500. The van der Waals surface area contributed by atoms with Crippen molar-refractivity contribution in [2.75, 3.05) is 31.1 Å². The molecule has 0 radical (unpaired) electrons. The summed E-state index contributed by atoms with van der Waals surface area (Å²) in [5.41, 5.74) is 7.45. The van der Waals surface area contributed by atoms with Gasteiger partial charge in [-0.1, -0.05) is 65.0 Å². The van der Waals surface area contributed by atoms with Crippen LogP contribution in [0.15, 0.2) is 60.8 Å². The average Bonchev–Trinajstić information content (AvgIpc) is 3.61. The van der Waals surface area contributed by atoms with E-state index in [0.29, 0.717) is 24.2 Å². The molecule has 3 aromatic rings. The van der Waals surface area contributed by atoms with Crippen LogP contribution in [-0.2, 0) is 40.1 Å². The maximum absolute atomic E-state index is 15.2. The summed E-state index contributed by atoms with van der Waals surface area (Å²) in [6.45, 7) is 11.2. The molecule has 0 aliphatic carbocycles. The lowest BCUT2D eigenvalue weighted by Crippen LogP contribution is -2.45. The van der Waals surface area contributed by atoms with E-state index in [2.05, 4.69) is 10.6 Å². The molecule has 3 rings (SSSR count). The van der Waals surface area contributed by atoms with Gasteiger partial charge in [0, 0.05) is 67.0 Å². The second-order valence-electron chi connectivity index (χ2n) is 17.1. The van der Waals surface area contributed by atoms with Crippen LogP contribution >= 0.6 is 11.8 Å². The van der Waals surface area contributed by atoms with Crippen molar-refractivity contribution in [2.24, 2.45) is 28.9 Å².